The second kappa shape index (κ2) is 6.93. The molecule has 1 saturated heterocycles. The fraction of sp³-hybridized carbons (Fsp3) is 0.389. The molecule has 0 saturated carbocycles. The maximum absolute atomic E-state index is 5.21. The van der Waals surface area contributed by atoms with Crippen LogP contribution in [0.4, 0.5) is 5.82 Å². The summed E-state index contributed by atoms with van der Waals surface area (Å²) in [4.78, 5) is 18.3. The molecule has 1 aliphatic heterocycles. The SMILES string of the molecule is COc1cccc(CN2CCN(c3ncnc4c(C)csc34)CC2)n1. The van der Waals surface area contributed by atoms with E-state index in [0.29, 0.717) is 5.88 Å². The minimum atomic E-state index is 0.674. The van der Waals surface area contributed by atoms with Crippen molar-refractivity contribution in [1.29, 1.82) is 0 Å². The Morgan fingerprint density at radius 1 is 1.16 bits per heavy atom. The molecule has 0 atom stereocenters. The van der Waals surface area contributed by atoms with Crippen molar-refractivity contribution in [3.05, 3.63) is 41.2 Å². The summed E-state index contributed by atoms with van der Waals surface area (Å²) in [6.07, 6.45) is 1.68. The van der Waals surface area contributed by atoms with Gasteiger partial charge in [0.05, 0.1) is 23.0 Å². The molecule has 130 valence electrons. The highest BCUT2D eigenvalue weighted by molar-refractivity contribution is 7.18. The predicted octanol–water partition coefficient (Wildman–Crippen LogP) is 2.73. The lowest BCUT2D eigenvalue weighted by atomic mass is 10.2. The molecular formula is C18H21N5OS. The number of hydrogen-bond donors (Lipinski definition) is 0. The summed E-state index contributed by atoms with van der Waals surface area (Å²) in [6.45, 7) is 6.88. The van der Waals surface area contributed by atoms with Crippen molar-refractivity contribution in [1.82, 2.24) is 19.9 Å². The topological polar surface area (TPSA) is 54.4 Å². The Labute approximate surface area is 151 Å². The van der Waals surface area contributed by atoms with E-state index < -0.39 is 0 Å². The van der Waals surface area contributed by atoms with Gasteiger partial charge in [-0.15, -0.1) is 11.3 Å². The van der Waals surface area contributed by atoms with Crippen LogP contribution in [0.25, 0.3) is 10.2 Å². The molecule has 0 bridgehead atoms. The van der Waals surface area contributed by atoms with Gasteiger partial charge in [0.1, 0.15) is 12.1 Å². The minimum absolute atomic E-state index is 0.674. The van der Waals surface area contributed by atoms with Crippen molar-refractivity contribution in [2.24, 2.45) is 0 Å². The maximum atomic E-state index is 5.21. The first kappa shape index (κ1) is 16.2. The van der Waals surface area contributed by atoms with Crippen molar-refractivity contribution < 1.29 is 4.74 Å². The molecule has 0 unspecified atom stereocenters. The number of hydrogen-bond acceptors (Lipinski definition) is 7. The molecule has 0 spiro atoms. The summed E-state index contributed by atoms with van der Waals surface area (Å²) in [5, 5.41) is 2.16. The minimum Gasteiger partial charge on any atom is -0.481 e. The van der Waals surface area contributed by atoms with E-state index in [1.165, 1.54) is 10.3 Å². The van der Waals surface area contributed by atoms with Gasteiger partial charge in [0.25, 0.3) is 0 Å². The standard InChI is InChI=1S/C18H21N5OS/c1-13-11-25-17-16(13)19-12-20-18(17)23-8-6-22(7-9-23)10-14-4-3-5-15(21-14)24-2/h3-5,11-12H,6-10H2,1-2H3. The molecule has 0 aliphatic carbocycles. The molecular weight excluding hydrogens is 334 g/mol. The summed E-state index contributed by atoms with van der Waals surface area (Å²) in [7, 11) is 1.65. The van der Waals surface area contributed by atoms with E-state index in [-0.39, 0.29) is 0 Å². The molecule has 0 amide bonds. The normalized spacial score (nSPS) is 15.7. The maximum Gasteiger partial charge on any atom is 0.213 e. The van der Waals surface area contributed by atoms with Gasteiger partial charge in [-0.25, -0.2) is 15.0 Å². The lowest BCUT2D eigenvalue weighted by Gasteiger charge is -2.35. The number of thiophene rings is 1. The van der Waals surface area contributed by atoms with Crippen LogP contribution in [-0.2, 0) is 6.54 Å². The van der Waals surface area contributed by atoms with Gasteiger partial charge in [-0.2, -0.15) is 0 Å². The van der Waals surface area contributed by atoms with E-state index >= 15 is 0 Å². The first-order valence-corrected chi connectivity index (χ1v) is 9.28. The lowest BCUT2D eigenvalue weighted by molar-refractivity contribution is 0.245. The Morgan fingerprint density at radius 2 is 2.00 bits per heavy atom. The third-order valence-corrected chi connectivity index (χ3v) is 5.64. The first-order chi connectivity index (χ1) is 12.2. The van der Waals surface area contributed by atoms with Gasteiger partial charge in [0.2, 0.25) is 5.88 Å². The summed E-state index contributed by atoms with van der Waals surface area (Å²) < 4.78 is 6.41. The van der Waals surface area contributed by atoms with E-state index in [4.69, 9.17) is 4.74 Å². The summed E-state index contributed by atoms with van der Waals surface area (Å²) in [5.74, 6) is 1.75. The molecule has 3 aromatic rings. The molecule has 25 heavy (non-hydrogen) atoms. The van der Waals surface area contributed by atoms with Crippen molar-refractivity contribution in [3.8, 4) is 5.88 Å². The van der Waals surface area contributed by atoms with Gasteiger partial charge in [-0.05, 0) is 23.9 Å². The van der Waals surface area contributed by atoms with E-state index in [1.54, 1.807) is 24.8 Å². The number of piperazine rings is 1. The fourth-order valence-corrected chi connectivity index (χ4v) is 4.21. The number of nitrogens with zero attached hydrogens (tertiary/aromatic N) is 5. The van der Waals surface area contributed by atoms with Gasteiger partial charge < -0.3 is 9.64 Å². The molecule has 0 aromatic carbocycles. The van der Waals surface area contributed by atoms with Gasteiger partial charge in [-0.3, -0.25) is 4.90 Å². The van der Waals surface area contributed by atoms with Crippen molar-refractivity contribution in [2.45, 2.75) is 13.5 Å². The zero-order chi connectivity index (χ0) is 17.2. The van der Waals surface area contributed by atoms with Gasteiger partial charge in [-0.1, -0.05) is 6.07 Å². The summed E-state index contributed by atoms with van der Waals surface area (Å²) in [5.41, 5.74) is 3.36. The Bertz CT molecular complexity index is 873. The van der Waals surface area contributed by atoms with Crippen LogP contribution >= 0.6 is 11.3 Å². The summed E-state index contributed by atoms with van der Waals surface area (Å²) in [6, 6.07) is 5.93. The Morgan fingerprint density at radius 3 is 2.80 bits per heavy atom. The Balaban J connectivity index is 1.44. The third-order valence-electron chi connectivity index (χ3n) is 4.56. The summed E-state index contributed by atoms with van der Waals surface area (Å²) >= 11 is 1.74. The number of pyridine rings is 1. The van der Waals surface area contributed by atoms with Crippen LogP contribution in [0.2, 0.25) is 0 Å². The molecule has 4 heterocycles. The van der Waals surface area contributed by atoms with E-state index in [1.807, 2.05) is 12.1 Å². The lowest BCUT2D eigenvalue weighted by Crippen LogP contribution is -2.46. The van der Waals surface area contributed by atoms with Crippen LogP contribution in [0.15, 0.2) is 29.9 Å². The zero-order valence-corrected chi connectivity index (χ0v) is 15.3. The largest absolute Gasteiger partial charge is 0.481 e. The molecule has 3 aromatic heterocycles. The van der Waals surface area contributed by atoms with E-state index in [2.05, 4.69) is 43.1 Å². The Kier molecular flexibility index (Phi) is 4.50. The highest BCUT2D eigenvalue weighted by atomic mass is 32.1. The molecule has 0 radical (unpaired) electrons. The third kappa shape index (κ3) is 3.29. The van der Waals surface area contributed by atoms with Crippen molar-refractivity contribution in [2.75, 3.05) is 38.2 Å². The van der Waals surface area contributed by atoms with Gasteiger partial charge in [0, 0.05) is 38.8 Å². The predicted molar refractivity (Wildman–Crippen MR) is 100 cm³/mol. The highest BCUT2D eigenvalue weighted by Crippen LogP contribution is 2.31. The van der Waals surface area contributed by atoms with Crippen LogP contribution in [0.3, 0.4) is 0 Å². The van der Waals surface area contributed by atoms with Crippen molar-refractivity contribution in [3.63, 3.8) is 0 Å². The number of aryl methyl sites for hydroxylation is 1. The van der Waals surface area contributed by atoms with Crippen LogP contribution in [-0.4, -0.2) is 53.1 Å². The molecule has 7 heteroatoms. The molecule has 0 N–H and O–H groups in total. The molecule has 6 nitrogen and oxygen atoms in total. The van der Waals surface area contributed by atoms with E-state index in [9.17, 15) is 0 Å². The van der Waals surface area contributed by atoms with Gasteiger partial charge >= 0.3 is 0 Å². The highest BCUT2D eigenvalue weighted by Gasteiger charge is 2.21. The average molecular weight is 355 g/mol. The molecule has 4 rings (SSSR count). The Hall–Kier alpha value is -2.25. The smallest absolute Gasteiger partial charge is 0.213 e. The van der Waals surface area contributed by atoms with Crippen LogP contribution < -0.4 is 9.64 Å². The molecule has 1 fully saturated rings. The first-order valence-electron chi connectivity index (χ1n) is 8.40. The number of fused-ring (bicyclic) bond motifs is 1. The van der Waals surface area contributed by atoms with E-state index in [0.717, 1.165) is 49.8 Å². The van der Waals surface area contributed by atoms with Crippen LogP contribution in [0.1, 0.15) is 11.3 Å². The number of rotatable bonds is 4. The number of methoxy groups -OCH3 is 1. The number of anilines is 1. The van der Waals surface area contributed by atoms with Crippen LogP contribution in [0.5, 0.6) is 5.88 Å². The monoisotopic (exact) mass is 355 g/mol. The fourth-order valence-electron chi connectivity index (χ4n) is 3.19. The quantitative estimate of drug-likeness (QED) is 0.717. The molecule has 1 aliphatic rings. The average Bonchev–Trinajstić information content (AvgIpc) is 3.04. The zero-order valence-electron chi connectivity index (χ0n) is 14.5. The second-order valence-corrected chi connectivity index (χ2v) is 7.11. The second-order valence-electron chi connectivity index (χ2n) is 6.23. The van der Waals surface area contributed by atoms with Crippen LogP contribution in [0, 0.1) is 6.92 Å². The van der Waals surface area contributed by atoms with Gasteiger partial charge in [0.15, 0.2) is 0 Å². The number of aromatic nitrogens is 3. The van der Waals surface area contributed by atoms with Crippen molar-refractivity contribution >= 4 is 27.4 Å². The number of ether oxygens (including phenoxy) is 1.